The minimum absolute atomic E-state index is 0.0512. The van der Waals surface area contributed by atoms with Crippen molar-refractivity contribution in [3.8, 4) is 11.5 Å². The molecule has 0 aromatic heterocycles. The van der Waals surface area contributed by atoms with Crippen molar-refractivity contribution in [1.29, 1.82) is 0 Å². The molecule has 1 amide bonds. The van der Waals surface area contributed by atoms with E-state index in [-0.39, 0.29) is 18.7 Å². The first kappa shape index (κ1) is 14.8. The highest BCUT2D eigenvalue weighted by molar-refractivity contribution is 5.92. The molecule has 0 saturated carbocycles. The largest absolute Gasteiger partial charge is 0.493 e. The fraction of sp³-hybridized carbons (Fsp3) is 0.385. The van der Waals surface area contributed by atoms with Crippen molar-refractivity contribution >= 4 is 17.6 Å². The van der Waals surface area contributed by atoms with Crippen LogP contribution in [0.5, 0.6) is 11.5 Å². The van der Waals surface area contributed by atoms with Gasteiger partial charge in [0.1, 0.15) is 0 Å². The van der Waals surface area contributed by atoms with Gasteiger partial charge in [-0.25, -0.2) is 0 Å². The van der Waals surface area contributed by atoms with Crippen LogP contribution in [-0.4, -0.2) is 33.2 Å². The Kier molecular flexibility index (Phi) is 5.66. The summed E-state index contributed by atoms with van der Waals surface area (Å²) in [6.45, 7) is 0. The van der Waals surface area contributed by atoms with E-state index in [0.29, 0.717) is 17.2 Å². The second kappa shape index (κ2) is 7.25. The number of anilines is 1. The summed E-state index contributed by atoms with van der Waals surface area (Å²) in [6.07, 6.45) is 0.122. The van der Waals surface area contributed by atoms with Crippen LogP contribution >= 0.6 is 0 Å². The Labute approximate surface area is 111 Å². The van der Waals surface area contributed by atoms with Crippen molar-refractivity contribution in [3.05, 3.63) is 18.2 Å². The third-order valence-electron chi connectivity index (χ3n) is 2.45. The van der Waals surface area contributed by atoms with Gasteiger partial charge in [-0.2, -0.15) is 0 Å². The van der Waals surface area contributed by atoms with Crippen LogP contribution in [0.2, 0.25) is 0 Å². The summed E-state index contributed by atoms with van der Waals surface area (Å²) in [5.74, 6) is 0.420. The fourth-order valence-corrected chi connectivity index (χ4v) is 1.46. The lowest BCUT2D eigenvalue weighted by atomic mass is 10.2. The van der Waals surface area contributed by atoms with Crippen LogP contribution in [0.4, 0.5) is 5.69 Å². The summed E-state index contributed by atoms with van der Waals surface area (Å²) in [7, 11) is 4.34. The second-order valence-electron chi connectivity index (χ2n) is 3.69. The van der Waals surface area contributed by atoms with E-state index >= 15 is 0 Å². The van der Waals surface area contributed by atoms with E-state index in [1.165, 1.54) is 21.3 Å². The maximum absolute atomic E-state index is 11.6. The summed E-state index contributed by atoms with van der Waals surface area (Å²) in [4.78, 5) is 22.5. The lowest BCUT2D eigenvalue weighted by Gasteiger charge is -2.10. The highest BCUT2D eigenvalue weighted by atomic mass is 16.5. The predicted molar refractivity (Wildman–Crippen MR) is 69.4 cm³/mol. The zero-order valence-corrected chi connectivity index (χ0v) is 11.2. The van der Waals surface area contributed by atoms with Crippen molar-refractivity contribution in [3.63, 3.8) is 0 Å². The van der Waals surface area contributed by atoms with Gasteiger partial charge in [0.05, 0.1) is 27.8 Å². The quantitative estimate of drug-likeness (QED) is 0.792. The molecule has 0 heterocycles. The number of benzene rings is 1. The van der Waals surface area contributed by atoms with Crippen LogP contribution in [0.15, 0.2) is 18.2 Å². The zero-order valence-electron chi connectivity index (χ0n) is 11.2. The number of methoxy groups -OCH3 is 3. The minimum Gasteiger partial charge on any atom is -0.493 e. The van der Waals surface area contributed by atoms with Crippen LogP contribution < -0.4 is 14.8 Å². The van der Waals surface area contributed by atoms with Crippen LogP contribution in [-0.2, 0) is 14.3 Å². The van der Waals surface area contributed by atoms with Gasteiger partial charge in [-0.15, -0.1) is 0 Å². The second-order valence-corrected chi connectivity index (χ2v) is 3.69. The molecule has 0 bridgehead atoms. The number of amides is 1. The van der Waals surface area contributed by atoms with E-state index in [1.54, 1.807) is 18.2 Å². The molecule has 0 spiro atoms. The molecule has 0 saturated heterocycles. The third-order valence-corrected chi connectivity index (χ3v) is 2.45. The average Bonchev–Trinajstić information content (AvgIpc) is 2.44. The molecule has 0 radical (unpaired) electrons. The summed E-state index contributed by atoms with van der Waals surface area (Å²) < 4.78 is 14.7. The maximum Gasteiger partial charge on any atom is 0.306 e. The van der Waals surface area contributed by atoms with E-state index in [1.807, 2.05) is 0 Å². The molecule has 1 N–H and O–H groups in total. The normalized spacial score (nSPS) is 9.63. The first-order valence-corrected chi connectivity index (χ1v) is 5.69. The Hall–Kier alpha value is -2.24. The first-order valence-electron chi connectivity index (χ1n) is 5.69. The smallest absolute Gasteiger partial charge is 0.306 e. The van der Waals surface area contributed by atoms with Gasteiger partial charge in [0.25, 0.3) is 0 Å². The van der Waals surface area contributed by atoms with Crippen LogP contribution in [0, 0.1) is 0 Å². The standard InChI is InChI=1S/C13H17NO5/c1-17-10-5-4-9(8-11(10)18-2)14-12(15)6-7-13(16)19-3/h4-5,8H,6-7H2,1-3H3,(H,14,15). The molecule has 1 rings (SSSR count). The van der Waals surface area contributed by atoms with E-state index in [0.717, 1.165) is 0 Å². The number of nitrogens with one attached hydrogen (secondary N) is 1. The Morgan fingerprint density at radius 2 is 1.74 bits per heavy atom. The SMILES string of the molecule is COC(=O)CCC(=O)Nc1ccc(OC)c(OC)c1. The molecule has 1 aromatic carbocycles. The van der Waals surface area contributed by atoms with Crippen molar-refractivity contribution in [2.75, 3.05) is 26.6 Å². The van der Waals surface area contributed by atoms with Gasteiger partial charge >= 0.3 is 5.97 Å². The zero-order chi connectivity index (χ0) is 14.3. The van der Waals surface area contributed by atoms with Crippen LogP contribution in [0.25, 0.3) is 0 Å². The Morgan fingerprint density at radius 1 is 1.05 bits per heavy atom. The summed E-state index contributed by atoms with van der Waals surface area (Å²) >= 11 is 0. The highest BCUT2D eigenvalue weighted by Gasteiger charge is 2.09. The Bertz CT molecular complexity index is 458. The van der Waals surface area contributed by atoms with Crippen molar-refractivity contribution in [1.82, 2.24) is 0 Å². The monoisotopic (exact) mass is 267 g/mol. The lowest BCUT2D eigenvalue weighted by molar-refractivity contribution is -0.141. The average molecular weight is 267 g/mol. The molecule has 104 valence electrons. The molecular formula is C13H17NO5. The Morgan fingerprint density at radius 3 is 2.32 bits per heavy atom. The Balaban J connectivity index is 2.61. The predicted octanol–water partition coefficient (Wildman–Crippen LogP) is 1.60. The first-order chi connectivity index (χ1) is 9.10. The van der Waals surface area contributed by atoms with Gasteiger partial charge in [0.15, 0.2) is 11.5 Å². The van der Waals surface area contributed by atoms with Gasteiger partial charge in [-0.3, -0.25) is 9.59 Å². The van der Waals surface area contributed by atoms with Crippen LogP contribution in [0.1, 0.15) is 12.8 Å². The van der Waals surface area contributed by atoms with Gasteiger partial charge in [-0.1, -0.05) is 0 Å². The van der Waals surface area contributed by atoms with Gasteiger partial charge in [0.2, 0.25) is 5.91 Å². The van der Waals surface area contributed by atoms with Crippen molar-refractivity contribution < 1.29 is 23.8 Å². The summed E-state index contributed by atoms with van der Waals surface area (Å²) in [6, 6.07) is 5.03. The van der Waals surface area contributed by atoms with Gasteiger partial charge < -0.3 is 19.5 Å². The number of carbonyl (C=O) groups is 2. The maximum atomic E-state index is 11.6. The van der Waals surface area contributed by atoms with Gasteiger partial charge in [0, 0.05) is 18.2 Å². The molecule has 0 aliphatic rings. The molecule has 0 fully saturated rings. The minimum atomic E-state index is -0.414. The summed E-state index contributed by atoms with van der Waals surface area (Å²) in [5, 5.41) is 2.67. The number of esters is 1. The lowest BCUT2D eigenvalue weighted by Crippen LogP contribution is -2.14. The summed E-state index contributed by atoms with van der Waals surface area (Å²) in [5.41, 5.74) is 0.576. The topological polar surface area (TPSA) is 73.9 Å². The number of hydrogen-bond acceptors (Lipinski definition) is 5. The van der Waals surface area contributed by atoms with E-state index in [9.17, 15) is 9.59 Å². The fourth-order valence-electron chi connectivity index (χ4n) is 1.46. The van der Waals surface area contributed by atoms with Crippen molar-refractivity contribution in [2.45, 2.75) is 12.8 Å². The number of ether oxygens (including phenoxy) is 3. The molecule has 0 atom stereocenters. The number of rotatable bonds is 6. The highest BCUT2D eigenvalue weighted by Crippen LogP contribution is 2.29. The molecule has 0 unspecified atom stereocenters. The molecular weight excluding hydrogens is 250 g/mol. The molecule has 6 nitrogen and oxygen atoms in total. The molecule has 6 heteroatoms. The third kappa shape index (κ3) is 4.50. The number of hydrogen-bond donors (Lipinski definition) is 1. The van der Waals surface area contributed by atoms with E-state index in [2.05, 4.69) is 10.1 Å². The molecule has 19 heavy (non-hydrogen) atoms. The number of carbonyl (C=O) groups excluding carboxylic acids is 2. The van der Waals surface area contributed by atoms with Crippen molar-refractivity contribution in [2.24, 2.45) is 0 Å². The van der Waals surface area contributed by atoms with E-state index < -0.39 is 5.97 Å². The van der Waals surface area contributed by atoms with Crippen LogP contribution in [0.3, 0.4) is 0 Å². The molecule has 0 aliphatic heterocycles. The van der Waals surface area contributed by atoms with Gasteiger partial charge in [-0.05, 0) is 12.1 Å². The van der Waals surface area contributed by atoms with E-state index in [4.69, 9.17) is 9.47 Å². The molecule has 0 aliphatic carbocycles. The molecule has 1 aromatic rings.